The number of anilines is 1. The molecule has 1 saturated carbocycles. The van der Waals surface area contributed by atoms with E-state index in [0.29, 0.717) is 17.0 Å². The number of nitrogens with zero attached hydrogens (tertiary/aromatic N) is 1. The minimum atomic E-state index is -0.476. The van der Waals surface area contributed by atoms with Crippen molar-refractivity contribution in [1.29, 1.82) is 0 Å². The molecule has 5 nitrogen and oxygen atoms in total. The van der Waals surface area contributed by atoms with E-state index in [1.54, 1.807) is 18.2 Å². The van der Waals surface area contributed by atoms with Crippen molar-refractivity contribution in [2.75, 3.05) is 12.0 Å². The van der Waals surface area contributed by atoms with Crippen LogP contribution in [0.2, 0.25) is 0 Å². The lowest BCUT2D eigenvalue weighted by atomic mass is 9.85. The van der Waals surface area contributed by atoms with Crippen LogP contribution in [0, 0.1) is 23.7 Å². The SMILES string of the molecule is COc1ccc(C(C)=O)cc1N1C(=O)[C@@H]2[C@@H](C1=O)[C@H]1C=C[C@H]2C1=C(c1ccccc1)c1ccccc1. The Morgan fingerprint density at radius 2 is 1.28 bits per heavy atom. The largest absolute Gasteiger partial charge is 0.495 e. The Kier molecular flexibility index (Phi) is 5.22. The average molecular weight is 476 g/mol. The second kappa shape index (κ2) is 8.45. The molecule has 3 aromatic rings. The third-order valence-electron chi connectivity index (χ3n) is 7.66. The van der Waals surface area contributed by atoms with E-state index >= 15 is 0 Å². The first-order valence-corrected chi connectivity index (χ1v) is 12.1. The van der Waals surface area contributed by atoms with E-state index in [2.05, 4.69) is 36.4 Å². The van der Waals surface area contributed by atoms with Gasteiger partial charge in [0.25, 0.3) is 0 Å². The lowest BCUT2D eigenvalue weighted by molar-refractivity contribution is -0.123. The van der Waals surface area contributed by atoms with E-state index in [0.717, 1.165) is 22.3 Å². The van der Waals surface area contributed by atoms with E-state index in [1.807, 2.05) is 36.4 Å². The van der Waals surface area contributed by atoms with Crippen LogP contribution < -0.4 is 9.64 Å². The highest BCUT2D eigenvalue weighted by molar-refractivity contribution is 6.24. The molecule has 36 heavy (non-hydrogen) atoms. The molecule has 4 atom stereocenters. The van der Waals surface area contributed by atoms with Gasteiger partial charge in [-0.1, -0.05) is 72.8 Å². The molecule has 0 spiro atoms. The fraction of sp³-hybridized carbons (Fsp3) is 0.194. The number of benzene rings is 3. The van der Waals surface area contributed by atoms with E-state index in [1.165, 1.54) is 18.9 Å². The Balaban J connectivity index is 1.48. The molecule has 1 aliphatic heterocycles. The van der Waals surface area contributed by atoms with Crippen LogP contribution in [0.1, 0.15) is 28.4 Å². The summed E-state index contributed by atoms with van der Waals surface area (Å²) in [5.41, 5.74) is 5.14. The Hall–Kier alpha value is -4.25. The summed E-state index contributed by atoms with van der Waals surface area (Å²) in [6.07, 6.45) is 4.18. The summed E-state index contributed by atoms with van der Waals surface area (Å²) in [6.45, 7) is 1.46. The average Bonchev–Trinajstić information content (AvgIpc) is 3.54. The number of ketones is 1. The highest BCUT2D eigenvalue weighted by Gasteiger charge is 2.62. The van der Waals surface area contributed by atoms with Gasteiger partial charge in [0.05, 0.1) is 24.6 Å². The minimum Gasteiger partial charge on any atom is -0.495 e. The highest BCUT2D eigenvalue weighted by Crippen LogP contribution is 2.59. The molecule has 3 aliphatic rings. The fourth-order valence-corrected chi connectivity index (χ4v) is 6.13. The number of amides is 2. The molecule has 178 valence electrons. The number of ether oxygens (including phenoxy) is 1. The van der Waals surface area contributed by atoms with Crippen LogP contribution in [0.3, 0.4) is 0 Å². The highest BCUT2D eigenvalue weighted by atomic mass is 16.5. The molecular formula is C31H25NO4. The van der Waals surface area contributed by atoms with Crippen LogP contribution in [0.5, 0.6) is 5.75 Å². The molecule has 5 heteroatoms. The molecule has 0 unspecified atom stereocenters. The van der Waals surface area contributed by atoms with Gasteiger partial charge in [0, 0.05) is 17.4 Å². The minimum absolute atomic E-state index is 0.138. The number of Topliss-reactive ketones (excluding diaryl/α,β-unsaturated/α-hetero) is 1. The van der Waals surface area contributed by atoms with Gasteiger partial charge in [0.2, 0.25) is 11.8 Å². The fourth-order valence-electron chi connectivity index (χ4n) is 6.13. The maximum Gasteiger partial charge on any atom is 0.238 e. The Morgan fingerprint density at radius 3 is 1.75 bits per heavy atom. The van der Waals surface area contributed by atoms with Crippen molar-refractivity contribution in [3.8, 4) is 5.75 Å². The first-order valence-electron chi connectivity index (χ1n) is 12.1. The van der Waals surface area contributed by atoms with Crippen molar-refractivity contribution >= 4 is 28.9 Å². The zero-order valence-electron chi connectivity index (χ0n) is 20.0. The van der Waals surface area contributed by atoms with Gasteiger partial charge >= 0.3 is 0 Å². The predicted octanol–water partition coefficient (Wildman–Crippen LogP) is 5.32. The van der Waals surface area contributed by atoms with Gasteiger partial charge in [0.15, 0.2) is 5.78 Å². The van der Waals surface area contributed by atoms with Gasteiger partial charge < -0.3 is 4.74 Å². The van der Waals surface area contributed by atoms with Crippen molar-refractivity contribution in [3.05, 3.63) is 113 Å². The van der Waals surface area contributed by atoms with Crippen LogP contribution in [-0.2, 0) is 9.59 Å². The van der Waals surface area contributed by atoms with Gasteiger partial charge in [0.1, 0.15) is 5.75 Å². The molecule has 2 aliphatic carbocycles. The molecule has 2 amide bonds. The van der Waals surface area contributed by atoms with Crippen LogP contribution in [0.15, 0.2) is 96.6 Å². The second-order valence-corrected chi connectivity index (χ2v) is 9.51. The van der Waals surface area contributed by atoms with Crippen molar-refractivity contribution in [1.82, 2.24) is 0 Å². The molecule has 6 rings (SSSR count). The summed E-state index contributed by atoms with van der Waals surface area (Å²) in [6, 6.07) is 25.2. The first kappa shape index (κ1) is 22.2. The van der Waals surface area contributed by atoms with Crippen molar-refractivity contribution in [3.63, 3.8) is 0 Å². The van der Waals surface area contributed by atoms with Gasteiger partial charge in [-0.3, -0.25) is 14.4 Å². The summed E-state index contributed by atoms with van der Waals surface area (Å²) in [5, 5.41) is 0. The van der Waals surface area contributed by atoms with Crippen molar-refractivity contribution in [2.24, 2.45) is 23.7 Å². The molecule has 3 aromatic carbocycles. The number of fused-ring (bicyclic) bond motifs is 5. The molecule has 0 N–H and O–H groups in total. The maximum atomic E-state index is 13.9. The number of hydrogen-bond donors (Lipinski definition) is 0. The van der Waals surface area contributed by atoms with Crippen LogP contribution in [0.4, 0.5) is 5.69 Å². The maximum absolute atomic E-state index is 13.9. The molecule has 1 heterocycles. The summed E-state index contributed by atoms with van der Waals surface area (Å²) in [5.74, 6) is -1.51. The van der Waals surface area contributed by atoms with Gasteiger partial charge in [-0.2, -0.15) is 0 Å². The number of imide groups is 1. The summed E-state index contributed by atoms with van der Waals surface area (Å²) < 4.78 is 5.47. The topological polar surface area (TPSA) is 63.7 Å². The smallest absolute Gasteiger partial charge is 0.238 e. The second-order valence-electron chi connectivity index (χ2n) is 9.51. The lowest BCUT2D eigenvalue weighted by Gasteiger charge is -2.23. The first-order chi connectivity index (χ1) is 17.5. The van der Waals surface area contributed by atoms with Crippen LogP contribution in [0.25, 0.3) is 5.57 Å². The number of hydrogen-bond acceptors (Lipinski definition) is 4. The molecule has 0 radical (unpaired) electrons. The monoisotopic (exact) mass is 475 g/mol. The third kappa shape index (κ3) is 3.19. The Bertz CT molecular complexity index is 1380. The predicted molar refractivity (Wildman–Crippen MR) is 137 cm³/mol. The Morgan fingerprint density at radius 1 is 0.750 bits per heavy atom. The zero-order valence-corrected chi connectivity index (χ0v) is 20.0. The van der Waals surface area contributed by atoms with Gasteiger partial charge in [-0.15, -0.1) is 0 Å². The number of rotatable bonds is 5. The van der Waals surface area contributed by atoms with Gasteiger partial charge in [-0.25, -0.2) is 4.90 Å². The van der Waals surface area contributed by atoms with Crippen molar-refractivity contribution in [2.45, 2.75) is 6.92 Å². The summed E-state index contributed by atoms with van der Waals surface area (Å²) in [7, 11) is 1.50. The molecule has 2 fully saturated rings. The molecule has 0 aromatic heterocycles. The van der Waals surface area contributed by atoms with Crippen LogP contribution in [-0.4, -0.2) is 24.7 Å². The summed E-state index contributed by atoms with van der Waals surface area (Å²) >= 11 is 0. The molecular weight excluding hydrogens is 450 g/mol. The van der Waals surface area contributed by atoms with E-state index in [4.69, 9.17) is 4.74 Å². The Labute approximate surface area is 209 Å². The summed E-state index contributed by atoms with van der Waals surface area (Å²) in [4.78, 5) is 41.0. The quantitative estimate of drug-likeness (QED) is 0.285. The van der Waals surface area contributed by atoms with Crippen LogP contribution >= 0.6 is 0 Å². The normalized spacial score (nSPS) is 23.8. The molecule has 1 saturated heterocycles. The molecule has 2 bridgehead atoms. The lowest BCUT2D eigenvalue weighted by Crippen LogP contribution is -2.33. The number of allylic oxidation sites excluding steroid dienone is 3. The zero-order chi connectivity index (χ0) is 25.0. The number of carbonyl (C=O) groups excluding carboxylic acids is 3. The van der Waals surface area contributed by atoms with E-state index in [9.17, 15) is 14.4 Å². The third-order valence-corrected chi connectivity index (χ3v) is 7.66. The number of carbonyl (C=O) groups is 3. The van der Waals surface area contributed by atoms with E-state index < -0.39 is 11.8 Å². The van der Waals surface area contributed by atoms with Crippen molar-refractivity contribution < 1.29 is 19.1 Å². The standard InChI is InChI=1S/C31H25NO4/c1-18(33)21-13-16-25(36-2)24(17-21)32-30(34)28-22-14-15-23(29(28)31(32)35)27(22)26(19-9-5-3-6-10-19)20-11-7-4-8-12-20/h3-17,22-23,28-29H,1-2H3/t22-,23-,28-,29-/m0/s1. The van der Waals surface area contributed by atoms with Gasteiger partial charge in [-0.05, 0) is 47.4 Å². The number of methoxy groups -OCH3 is 1. The van der Waals surface area contributed by atoms with E-state index in [-0.39, 0.29) is 29.4 Å².